The molecule has 0 atom stereocenters. The van der Waals surface area contributed by atoms with Crippen LogP contribution in [0.4, 0.5) is 23.0 Å². The van der Waals surface area contributed by atoms with Crippen LogP contribution in [0, 0.1) is 0 Å². The van der Waals surface area contributed by atoms with Gasteiger partial charge in [0.25, 0.3) is 0 Å². The maximum Gasteiger partial charge on any atom is 0.311 e. The Bertz CT molecular complexity index is 614. The number of hydrogen-bond donors (Lipinski definition) is 4. The quantitative estimate of drug-likeness (QED) is 0.384. The zero-order valence-corrected chi connectivity index (χ0v) is 12.5. The Morgan fingerprint density at radius 3 is 2.18 bits per heavy atom. The van der Waals surface area contributed by atoms with Gasteiger partial charge in [-0.25, -0.2) is 4.98 Å². The first-order valence-corrected chi connectivity index (χ1v) is 6.76. The number of nitrogens with zero attached hydrogens (tertiary/aromatic N) is 1. The number of carbonyl (C=O) groups excluding carboxylic acids is 1. The first-order valence-electron chi connectivity index (χ1n) is 6.76. The molecule has 8 N–H and O–H groups in total. The molecule has 118 valence electrons. The standard InChI is InChI=1S/C10H13NO2.C5H8N4/c1-2-3-10(12)13-9-6-4-8(11)5-7-9;6-3-1-2-4(7)9-5(3)8/h4-7H,2-3,11H2,1H3;1-2H,6H2,(H4,7,8,9). The van der Waals surface area contributed by atoms with E-state index in [0.717, 1.165) is 6.42 Å². The SMILES string of the molecule is CCCC(=O)Oc1ccc(N)cc1.Nc1ccc(N)c(N)n1. The lowest BCUT2D eigenvalue weighted by atomic mass is 10.3. The number of anilines is 4. The summed E-state index contributed by atoms with van der Waals surface area (Å²) in [6, 6.07) is 10.00. The van der Waals surface area contributed by atoms with E-state index in [9.17, 15) is 4.79 Å². The van der Waals surface area contributed by atoms with Crippen LogP contribution in [-0.4, -0.2) is 11.0 Å². The second-order valence-corrected chi connectivity index (χ2v) is 4.50. The highest BCUT2D eigenvalue weighted by Crippen LogP contribution is 2.13. The largest absolute Gasteiger partial charge is 0.427 e. The van der Waals surface area contributed by atoms with Crippen molar-refractivity contribution in [1.29, 1.82) is 0 Å². The van der Waals surface area contributed by atoms with Crippen LogP contribution in [0.15, 0.2) is 36.4 Å². The minimum atomic E-state index is -0.202. The summed E-state index contributed by atoms with van der Waals surface area (Å²) < 4.78 is 5.02. The smallest absolute Gasteiger partial charge is 0.311 e. The number of carbonyl (C=O) groups is 1. The average molecular weight is 303 g/mol. The first-order chi connectivity index (χ1) is 10.4. The van der Waals surface area contributed by atoms with E-state index in [1.807, 2.05) is 6.92 Å². The van der Waals surface area contributed by atoms with Gasteiger partial charge in [0, 0.05) is 12.1 Å². The van der Waals surface area contributed by atoms with Crippen molar-refractivity contribution in [3.8, 4) is 5.75 Å². The minimum absolute atomic E-state index is 0.202. The highest BCUT2D eigenvalue weighted by Gasteiger charge is 2.01. The molecule has 0 spiro atoms. The van der Waals surface area contributed by atoms with Gasteiger partial charge in [-0.15, -0.1) is 0 Å². The second-order valence-electron chi connectivity index (χ2n) is 4.50. The Morgan fingerprint density at radius 1 is 1.05 bits per heavy atom. The fourth-order valence-electron chi connectivity index (χ4n) is 1.42. The van der Waals surface area contributed by atoms with Crippen molar-refractivity contribution in [2.45, 2.75) is 19.8 Å². The Labute approximate surface area is 129 Å². The summed E-state index contributed by atoms with van der Waals surface area (Å²) in [5.74, 6) is 1.02. The van der Waals surface area contributed by atoms with Crippen molar-refractivity contribution in [2.75, 3.05) is 22.9 Å². The zero-order valence-electron chi connectivity index (χ0n) is 12.5. The third-order valence-electron chi connectivity index (χ3n) is 2.54. The molecule has 1 aromatic heterocycles. The van der Waals surface area contributed by atoms with Gasteiger partial charge in [-0.1, -0.05) is 6.92 Å². The average Bonchev–Trinajstić information content (AvgIpc) is 2.47. The molecule has 0 saturated heterocycles. The van der Waals surface area contributed by atoms with Gasteiger partial charge in [0.05, 0.1) is 5.69 Å². The molecule has 0 saturated carbocycles. The molecule has 2 aromatic rings. The van der Waals surface area contributed by atoms with Crippen LogP contribution >= 0.6 is 0 Å². The molecule has 0 unspecified atom stereocenters. The highest BCUT2D eigenvalue weighted by molar-refractivity contribution is 5.72. The molecule has 22 heavy (non-hydrogen) atoms. The summed E-state index contributed by atoms with van der Waals surface area (Å²) in [6.07, 6.45) is 1.25. The van der Waals surface area contributed by atoms with E-state index in [0.29, 0.717) is 29.4 Å². The number of ether oxygens (including phenoxy) is 1. The Hall–Kier alpha value is -2.96. The normalized spacial score (nSPS) is 9.50. The number of esters is 1. The summed E-state index contributed by atoms with van der Waals surface area (Å²) >= 11 is 0. The van der Waals surface area contributed by atoms with Crippen LogP contribution in [0.2, 0.25) is 0 Å². The van der Waals surface area contributed by atoms with Crippen molar-refractivity contribution in [1.82, 2.24) is 4.98 Å². The lowest BCUT2D eigenvalue weighted by Gasteiger charge is -2.02. The van der Waals surface area contributed by atoms with Crippen LogP contribution in [0.3, 0.4) is 0 Å². The molecule has 1 heterocycles. The predicted octanol–water partition coefficient (Wildman–Crippen LogP) is 1.80. The Kier molecular flexibility index (Phi) is 6.49. The van der Waals surface area contributed by atoms with E-state index in [-0.39, 0.29) is 11.8 Å². The van der Waals surface area contributed by atoms with E-state index in [1.54, 1.807) is 36.4 Å². The maximum atomic E-state index is 11.0. The van der Waals surface area contributed by atoms with E-state index in [2.05, 4.69) is 4.98 Å². The fraction of sp³-hybridized carbons (Fsp3) is 0.200. The molecule has 7 nitrogen and oxygen atoms in total. The van der Waals surface area contributed by atoms with E-state index in [4.69, 9.17) is 27.7 Å². The molecule has 0 bridgehead atoms. The van der Waals surface area contributed by atoms with Gasteiger partial charge in [0.1, 0.15) is 17.4 Å². The van der Waals surface area contributed by atoms with Crippen LogP contribution in [0.25, 0.3) is 0 Å². The molecule has 0 radical (unpaired) electrons. The van der Waals surface area contributed by atoms with Gasteiger partial charge in [-0.2, -0.15) is 0 Å². The molecule has 0 aliphatic carbocycles. The molecule has 0 fully saturated rings. The molecule has 0 aliphatic heterocycles. The van der Waals surface area contributed by atoms with Gasteiger partial charge in [-0.05, 0) is 42.8 Å². The molecule has 0 aliphatic rings. The third kappa shape index (κ3) is 6.00. The number of aromatic nitrogens is 1. The molecule has 1 aromatic carbocycles. The summed E-state index contributed by atoms with van der Waals surface area (Å²) in [7, 11) is 0. The van der Waals surface area contributed by atoms with Gasteiger partial charge < -0.3 is 27.7 Å². The summed E-state index contributed by atoms with van der Waals surface area (Å²) in [5, 5.41) is 0. The number of hydrogen-bond acceptors (Lipinski definition) is 7. The van der Waals surface area contributed by atoms with Crippen LogP contribution in [-0.2, 0) is 4.79 Å². The first kappa shape index (κ1) is 17.1. The van der Waals surface area contributed by atoms with E-state index in [1.165, 1.54) is 0 Å². The van der Waals surface area contributed by atoms with Gasteiger partial charge in [-0.3, -0.25) is 4.79 Å². The molecular formula is C15H21N5O2. The van der Waals surface area contributed by atoms with E-state index >= 15 is 0 Å². The van der Waals surface area contributed by atoms with Gasteiger partial charge in [0.2, 0.25) is 0 Å². The summed E-state index contributed by atoms with van der Waals surface area (Å²) in [6.45, 7) is 1.93. The van der Waals surface area contributed by atoms with E-state index < -0.39 is 0 Å². The second kappa shape index (κ2) is 8.35. The van der Waals surface area contributed by atoms with Crippen LogP contribution in [0.5, 0.6) is 5.75 Å². The number of benzene rings is 1. The van der Waals surface area contributed by atoms with Gasteiger partial charge in [0.15, 0.2) is 0 Å². The molecule has 0 amide bonds. The summed E-state index contributed by atoms with van der Waals surface area (Å²) in [4.78, 5) is 14.7. The molecule has 7 heteroatoms. The third-order valence-corrected chi connectivity index (χ3v) is 2.54. The number of pyridine rings is 1. The lowest BCUT2D eigenvalue weighted by molar-refractivity contribution is -0.134. The fourth-order valence-corrected chi connectivity index (χ4v) is 1.42. The van der Waals surface area contributed by atoms with Crippen molar-refractivity contribution in [3.63, 3.8) is 0 Å². The minimum Gasteiger partial charge on any atom is -0.427 e. The molecular weight excluding hydrogens is 282 g/mol. The lowest BCUT2D eigenvalue weighted by Crippen LogP contribution is -2.06. The molecule has 2 rings (SSSR count). The van der Waals surface area contributed by atoms with Crippen LogP contribution in [0.1, 0.15) is 19.8 Å². The van der Waals surface area contributed by atoms with Crippen molar-refractivity contribution in [3.05, 3.63) is 36.4 Å². The van der Waals surface area contributed by atoms with Crippen molar-refractivity contribution >= 4 is 29.0 Å². The topological polar surface area (TPSA) is 143 Å². The summed E-state index contributed by atoms with van der Waals surface area (Å²) in [5.41, 5.74) is 22.5. The number of rotatable bonds is 3. The van der Waals surface area contributed by atoms with Crippen LogP contribution < -0.4 is 27.7 Å². The zero-order chi connectivity index (χ0) is 16.5. The van der Waals surface area contributed by atoms with Crippen molar-refractivity contribution < 1.29 is 9.53 Å². The van der Waals surface area contributed by atoms with Gasteiger partial charge >= 0.3 is 5.97 Å². The maximum absolute atomic E-state index is 11.0. The number of nitrogen functional groups attached to an aromatic ring is 4. The predicted molar refractivity (Wildman–Crippen MR) is 88.9 cm³/mol. The Balaban J connectivity index is 0.000000235. The number of nitrogens with two attached hydrogens (primary N) is 4. The Morgan fingerprint density at radius 2 is 1.68 bits per heavy atom. The highest BCUT2D eigenvalue weighted by atomic mass is 16.5. The van der Waals surface area contributed by atoms with Crippen molar-refractivity contribution in [2.24, 2.45) is 0 Å². The monoisotopic (exact) mass is 303 g/mol.